The van der Waals surface area contributed by atoms with E-state index in [4.69, 9.17) is 10.2 Å². The van der Waals surface area contributed by atoms with Crippen LogP contribution < -0.4 is 0 Å². The van der Waals surface area contributed by atoms with Crippen LogP contribution in [-0.2, 0) is 9.59 Å². The number of hydrogen-bond donors (Lipinski definition) is 2. The Morgan fingerprint density at radius 3 is 2.75 bits per heavy atom. The van der Waals surface area contributed by atoms with E-state index in [0.29, 0.717) is 0 Å². The fraction of sp³-hybridized carbons (Fsp3) is 0.714. The largest absolute Gasteiger partial charge is 0.481 e. The highest BCUT2D eigenvalue weighted by Gasteiger charge is 2.33. The van der Waals surface area contributed by atoms with Gasteiger partial charge in [-0.1, -0.05) is 0 Å². The average Bonchev–Trinajstić information content (AvgIpc) is 2.34. The lowest BCUT2D eigenvalue weighted by Crippen LogP contribution is -2.29. The fourth-order valence-electron chi connectivity index (χ4n) is 1.27. The number of amides is 1. The first-order valence-electron chi connectivity index (χ1n) is 3.76. The van der Waals surface area contributed by atoms with Crippen molar-refractivity contribution in [3.63, 3.8) is 0 Å². The van der Waals surface area contributed by atoms with Crippen molar-refractivity contribution in [2.24, 2.45) is 5.92 Å². The SMILES string of the molecule is O=C(O)C1CC(=O)N(CCO)C1. The summed E-state index contributed by atoms with van der Waals surface area (Å²) in [6, 6.07) is 0. The van der Waals surface area contributed by atoms with Crippen molar-refractivity contribution < 1.29 is 19.8 Å². The maximum Gasteiger partial charge on any atom is 0.308 e. The third-order valence-electron chi connectivity index (χ3n) is 1.93. The fourth-order valence-corrected chi connectivity index (χ4v) is 1.27. The van der Waals surface area contributed by atoms with Gasteiger partial charge in [0.1, 0.15) is 0 Å². The second-order valence-electron chi connectivity index (χ2n) is 2.80. The molecular formula is C7H11NO4. The Balaban J connectivity index is 2.50. The molecule has 0 radical (unpaired) electrons. The van der Waals surface area contributed by atoms with Crippen LogP contribution in [0.1, 0.15) is 6.42 Å². The first-order valence-corrected chi connectivity index (χ1v) is 3.76. The molecule has 0 spiro atoms. The molecule has 0 aromatic rings. The summed E-state index contributed by atoms with van der Waals surface area (Å²) >= 11 is 0. The van der Waals surface area contributed by atoms with E-state index in [1.807, 2.05) is 0 Å². The summed E-state index contributed by atoms with van der Waals surface area (Å²) in [5.41, 5.74) is 0. The summed E-state index contributed by atoms with van der Waals surface area (Å²) in [7, 11) is 0. The second kappa shape index (κ2) is 3.53. The van der Waals surface area contributed by atoms with Crippen LogP contribution in [0.4, 0.5) is 0 Å². The normalized spacial score (nSPS) is 23.2. The number of β-amino-alcohol motifs (C(OH)–C–C–N with tert-alkyl or cyclic N) is 1. The molecule has 1 amide bonds. The Kier molecular flexibility index (Phi) is 2.65. The van der Waals surface area contributed by atoms with Crippen LogP contribution >= 0.6 is 0 Å². The van der Waals surface area contributed by atoms with Gasteiger partial charge in [-0.2, -0.15) is 0 Å². The minimum Gasteiger partial charge on any atom is -0.481 e. The highest BCUT2D eigenvalue weighted by Crippen LogP contribution is 2.16. The van der Waals surface area contributed by atoms with Gasteiger partial charge in [0.05, 0.1) is 12.5 Å². The number of aliphatic hydroxyl groups excluding tert-OH is 1. The molecule has 12 heavy (non-hydrogen) atoms. The van der Waals surface area contributed by atoms with E-state index in [1.54, 1.807) is 0 Å². The van der Waals surface area contributed by atoms with Crippen LogP contribution in [-0.4, -0.2) is 46.7 Å². The number of carboxylic acids is 1. The maximum absolute atomic E-state index is 11.0. The number of aliphatic carboxylic acids is 1. The van der Waals surface area contributed by atoms with Crippen molar-refractivity contribution in [2.45, 2.75) is 6.42 Å². The third-order valence-corrected chi connectivity index (χ3v) is 1.93. The maximum atomic E-state index is 11.0. The predicted octanol–water partition coefficient (Wildman–Crippen LogP) is -1.09. The van der Waals surface area contributed by atoms with Gasteiger partial charge >= 0.3 is 5.97 Å². The summed E-state index contributed by atoms with van der Waals surface area (Å²) in [6.45, 7) is 0.357. The lowest BCUT2D eigenvalue weighted by Gasteiger charge is -2.13. The number of aliphatic hydroxyl groups is 1. The van der Waals surface area contributed by atoms with Crippen molar-refractivity contribution in [1.29, 1.82) is 0 Å². The Morgan fingerprint density at radius 2 is 2.33 bits per heavy atom. The van der Waals surface area contributed by atoms with E-state index < -0.39 is 11.9 Å². The van der Waals surface area contributed by atoms with Gasteiger partial charge in [0.2, 0.25) is 5.91 Å². The molecule has 0 aromatic carbocycles. The molecule has 5 nitrogen and oxygen atoms in total. The Hall–Kier alpha value is -1.10. The molecule has 5 heteroatoms. The smallest absolute Gasteiger partial charge is 0.308 e. The lowest BCUT2D eigenvalue weighted by atomic mass is 10.1. The van der Waals surface area contributed by atoms with E-state index in [0.717, 1.165) is 0 Å². The van der Waals surface area contributed by atoms with Gasteiger partial charge in [-0.3, -0.25) is 9.59 Å². The van der Waals surface area contributed by atoms with Gasteiger partial charge in [0, 0.05) is 19.5 Å². The van der Waals surface area contributed by atoms with Gasteiger partial charge < -0.3 is 15.1 Å². The minimum absolute atomic E-state index is 0.0648. The van der Waals surface area contributed by atoms with Crippen LogP contribution in [0.5, 0.6) is 0 Å². The van der Waals surface area contributed by atoms with Crippen molar-refractivity contribution in [2.75, 3.05) is 19.7 Å². The van der Waals surface area contributed by atoms with E-state index >= 15 is 0 Å². The Morgan fingerprint density at radius 1 is 1.67 bits per heavy atom. The summed E-state index contributed by atoms with van der Waals surface area (Å²) in [4.78, 5) is 22.9. The van der Waals surface area contributed by atoms with Crippen LogP contribution in [0, 0.1) is 5.92 Å². The standard InChI is InChI=1S/C7H11NO4/c9-2-1-8-4-5(7(11)12)3-6(8)10/h5,9H,1-4H2,(H,11,12). The van der Waals surface area contributed by atoms with E-state index in [9.17, 15) is 9.59 Å². The number of carboxylic acid groups (broad SMARTS) is 1. The van der Waals surface area contributed by atoms with Gasteiger partial charge in [0.15, 0.2) is 0 Å². The molecular weight excluding hydrogens is 162 g/mol. The molecule has 0 bridgehead atoms. The van der Waals surface area contributed by atoms with Gasteiger partial charge in [-0.15, -0.1) is 0 Å². The van der Waals surface area contributed by atoms with Crippen LogP contribution in [0.3, 0.4) is 0 Å². The van der Waals surface area contributed by atoms with Crippen LogP contribution in [0.15, 0.2) is 0 Å². The summed E-state index contributed by atoms with van der Waals surface area (Å²) in [5.74, 6) is -1.72. The Labute approximate surface area is 69.6 Å². The summed E-state index contributed by atoms with van der Waals surface area (Å²) < 4.78 is 0. The molecule has 1 aliphatic rings. The molecule has 1 saturated heterocycles. The molecule has 0 aliphatic carbocycles. The van der Waals surface area contributed by atoms with E-state index in [-0.39, 0.29) is 32.0 Å². The monoisotopic (exact) mass is 173 g/mol. The zero-order valence-electron chi connectivity index (χ0n) is 6.56. The number of likely N-dealkylation sites (tertiary alicyclic amines) is 1. The lowest BCUT2D eigenvalue weighted by molar-refractivity contribution is -0.141. The molecule has 0 aromatic heterocycles. The van der Waals surface area contributed by atoms with E-state index in [1.165, 1.54) is 4.90 Å². The number of carbonyl (C=O) groups excluding carboxylic acids is 1. The zero-order valence-corrected chi connectivity index (χ0v) is 6.56. The highest BCUT2D eigenvalue weighted by molar-refractivity contribution is 5.86. The van der Waals surface area contributed by atoms with Crippen molar-refractivity contribution in [3.05, 3.63) is 0 Å². The molecule has 1 unspecified atom stereocenters. The summed E-state index contributed by atoms with van der Waals surface area (Å²) in [6.07, 6.45) is 0.0648. The third kappa shape index (κ3) is 1.73. The minimum atomic E-state index is -0.941. The first kappa shape index (κ1) is 8.99. The number of hydrogen-bond acceptors (Lipinski definition) is 3. The molecule has 1 atom stereocenters. The first-order chi connectivity index (χ1) is 5.65. The van der Waals surface area contributed by atoms with E-state index in [2.05, 4.69) is 0 Å². The molecule has 68 valence electrons. The van der Waals surface area contributed by atoms with Crippen molar-refractivity contribution >= 4 is 11.9 Å². The highest BCUT2D eigenvalue weighted by atomic mass is 16.4. The predicted molar refractivity (Wildman–Crippen MR) is 39.4 cm³/mol. The van der Waals surface area contributed by atoms with Crippen LogP contribution in [0.2, 0.25) is 0 Å². The van der Waals surface area contributed by atoms with Crippen LogP contribution in [0.25, 0.3) is 0 Å². The van der Waals surface area contributed by atoms with Crippen molar-refractivity contribution in [3.8, 4) is 0 Å². The molecule has 1 heterocycles. The van der Waals surface area contributed by atoms with Gasteiger partial charge in [-0.25, -0.2) is 0 Å². The zero-order chi connectivity index (χ0) is 9.14. The number of nitrogens with zero attached hydrogens (tertiary/aromatic N) is 1. The second-order valence-corrected chi connectivity index (χ2v) is 2.80. The average molecular weight is 173 g/mol. The molecule has 1 fully saturated rings. The molecule has 1 rings (SSSR count). The Bertz CT molecular complexity index is 204. The molecule has 0 saturated carbocycles. The number of rotatable bonds is 3. The molecule has 1 aliphatic heterocycles. The topological polar surface area (TPSA) is 77.8 Å². The van der Waals surface area contributed by atoms with Gasteiger partial charge in [-0.05, 0) is 0 Å². The molecule has 2 N–H and O–H groups in total. The summed E-state index contributed by atoms with van der Waals surface area (Å²) in [5, 5.41) is 17.1. The van der Waals surface area contributed by atoms with Crippen molar-refractivity contribution in [1.82, 2.24) is 4.90 Å². The quantitative estimate of drug-likeness (QED) is 0.568. The number of carbonyl (C=O) groups is 2. The van der Waals surface area contributed by atoms with Gasteiger partial charge in [0.25, 0.3) is 0 Å².